The Kier molecular flexibility index (Phi) is 7.53. The summed E-state index contributed by atoms with van der Waals surface area (Å²) in [6, 6.07) is 7.32. The van der Waals surface area contributed by atoms with Crippen molar-refractivity contribution in [2.75, 3.05) is 26.8 Å². The van der Waals surface area contributed by atoms with Crippen molar-refractivity contribution in [3.8, 4) is 11.5 Å². The van der Waals surface area contributed by atoms with Gasteiger partial charge >= 0.3 is 0 Å². The van der Waals surface area contributed by atoms with Gasteiger partial charge in [-0.2, -0.15) is 0 Å². The molecule has 5 nitrogen and oxygen atoms in total. The number of ether oxygens (including phenoxy) is 2. The molecule has 1 rings (SSSR count). The van der Waals surface area contributed by atoms with E-state index < -0.39 is 0 Å². The van der Waals surface area contributed by atoms with Crippen molar-refractivity contribution in [2.45, 2.75) is 19.8 Å². The first-order valence-electron chi connectivity index (χ1n) is 6.91. The first kappa shape index (κ1) is 17.2. The fourth-order valence-electron chi connectivity index (χ4n) is 1.55. The fraction of sp³-hybridized carbons (Fsp3) is 0.467. The second-order valence-electron chi connectivity index (χ2n) is 4.62. The number of hydrogen-bond donors (Lipinski definition) is 1. The number of hydrogen-bond acceptors (Lipinski definition) is 4. The summed E-state index contributed by atoms with van der Waals surface area (Å²) in [5.74, 6) is 1.09. The van der Waals surface area contributed by atoms with Gasteiger partial charge in [-0.1, -0.05) is 31.3 Å². The standard InChI is InChI=1S/C15H22N2O3S/c1-3-10-19-12-6-4-5-7-13(12)20-11-15(18)17(2)9-8-14(16)21/h4-7H,3,8-11H2,1-2H3,(H2,16,21). The Balaban J connectivity index is 2.50. The minimum atomic E-state index is -0.128. The Morgan fingerprint density at radius 2 is 1.90 bits per heavy atom. The van der Waals surface area contributed by atoms with Crippen LogP contribution in [-0.4, -0.2) is 42.6 Å². The number of carbonyl (C=O) groups is 1. The third-order valence-electron chi connectivity index (χ3n) is 2.78. The van der Waals surface area contributed by atoms with E-state index in [1.165, 1.54) is 0 Å². The first-order chi connectivity index (χ1) is 10.0. The molecule has 0 heterocycles. The third kappa shape index (κ3) is 6.44. The third-order valence-corrected chi connectivity index (χ3v) is 2.99. The molecule has 0 saturated carbocycles. The molecule has 0 aliphatic heterocycles. The number of likely N-dealkylation sites (N-methyl/N-ethyl adjacent to an activating group) is 1. The molecule has 1 aromatic rings. The van der Waals surface area contributed by atoms with Crippen LogP contribution in [0.2, 0.25) is 0 Å². The Bertz CT molecular complexity index is 480. The molecular weight excluding hydrogens is 288 g/mol. The molecule has 21 heavy (non-hydrogen) atoms. The number of para-hydroxylation sites is 2. The number of nitrogens with two attached hydrogens (primary N) is 1. The highest BCUT2D eigenvalue weighted by atomic mass is 32.1. The monoisotopic (exact) mass is 310 g/mol. The zero-order valence-electron chi connectivity index (χ0n) is 12.5. The van der Waals surface area contributed by atoms with Gasteiger partial charge in [0.25, 0.3) is 5.91 Å². The topological polar surface area (TPSA) is 64.8 Å². The molecular formula is C15H22N2O3S. The molecule has 116 valence electrons. The lowest BCUT2D eigenvalue weighted by Crippen LogP contribution is -2.33. The number of amides is 1. The number of benzene rings is 1. The summed E-state index contributed by atoms with van der Waals surface area (Å²) in [4.78, 5) is 13.9. The molecule has 0 fully saturated rings. The van der Waals surface area contributed by atoms with Crippen molar-refractivity contribution in [1.29, 1.82) is 0 Å². The average Bonchev–Trinajstić information content (AvgIpc) is 2.48. The van der Waals surface area contributed by atoms with Gasteiger partial charge in [-0.3, -0.25) is 4.79 Å². The van der Waals surface area contributed by atoms with Crippen LogP contribution in [0.3, 0.4) is 0 Å². The Morgan fingerprint density at radius 1 is 1.29 bits per heavy atom. The largest absolute Gasteiger partial charge is 0.490 e. The number of thiocarbonyl (C=S) groups is 1. The van der Waals surface area contributed by atoms with Gasteiger partial charge < -0.3 is 20.1 Å². The molecule has 0 atom stereocenters. The zero-order chi connectivity index (χ0) is 15.7. The van der Waals surface area contributed by atoms with Crippen molar-refractivity contribution in [2.24, 2.45) is 5.73 Å². The number of rotatable bonds is 9. The highest BCUT2D eigenvalue weighted by Crippen LogP contribution is 2.26. The van der Waals surface area contributed by atoms with E-state index in [1.807, 2.05) is 25.1 Å². The molecule has 0 aliphatic rings. The lowest BCUT2D eigenvalue weighted by Gasteiger charge is -2.18. The smallest absolute Gasteiger partial charge is 0.260 e. The second-order valence-corrected chi connectivity index (χ2v) is 5.14. The van der Waals surface area contributed by atoms with Crippen LogP contribution in [0.5, 0.6) is 11.5 Å². The molecule has 0 spiro atoms. The summed E-state index contributed by atoms with van der Waals surface area (Å²) >= 11 is 4.79. The van der Waals surface area contributed by atoms with E-state index in [1.54, 1.807) is 18.0 Å². The van der Waals surface area contributed by atoms with E-state index in [2.05, 4.69) is 0 Å². The highest BCUT2D eigenvalue weighted by Gasteiger charge is 2.11. The average molecular weight is 310 g/mol. The van der Waals surface area contributed by atoms with Gasteiger partial charge in [0.2, 0.25) is 0 Å². The summed E-state index contributed by atoms with van der Waals surface area (Å²) in [7, 11) is 1.70. The van der Waals surface area contributed by atoms with Gasteiger partial charge in [0.15, 0.2) is 18.1 Å². The minimum Gasteiger partial charge on any atom is -0.490 e. The lowest BCUT2D eigenvalue weighted by atomic mass is 10.3. The van der Waals surface area contributed by atoms with Gasteiger partial charge in [-0.25, -0.2) is 0 Å². The van der Waals surface area contributed by atoms with Gasteiger partial charge in [0, 0.05) is 20.0 Å². The van der Waals surface area contributed by atoms with Crippen molar-refractivity contribution in [3.63, 3.8) is 0 Å². The van der Waals surface area contributed by atoms with Crippen LogP contribution in [0, 0.1) is 0 Å². The predicted molar refractivity (Wildman–Crippen MR) is 86.8 cm³/mol. The van der Waals surface area contributed by atoms with Crippen molar-refractivity contribution in [1.82, 2.24) is 4.90 Å². The van der Waals surface area contributed by atoms with E-state index in [0.29, 0.717) is 36.1 Å². The Hall–Kier alpha value is -1.82. The summed E-state index contributed by atoms with van der Waals surface area (Å²) < 4.78 is 11.1. The molecule has 0 aliphatic carbocycles. The van der Waals surface area contributed by atoms with Gasteiger partial charge in [-0.05, 0) is 18.6 Å². The van der Waals surface area contributed by atoms with Crippen molar-refractivity contribution < 1.29 is 14.3 Å². The maximum Gasteiger partial charge on any atom is 0.260 e. The quantitative estimate of drug-likeness (QED) is 0.707. The van der Waals surface area contributed by atoms with E-state index >= 15 is 0 Å². The van der Waals surface area contributed by atoms with Gasteiger partial charge in [0.05, 0.1) is 11.6 Å². The predicted octanol–water partition coefficient (Wildman–Crippen LogP) is 1.99. The fourth-order valence-corrected chi connectivity index (χ4v) is 1.64. The molecule has 0 aromatic heterocycles. The summed E-state index contributed by atoms with van der Waals surface area (Å²) in [6.45, 7) is 3.10. The minimum absolute atomic E-state index is 0.0413. The highest BCUT2D eigenvalue weighted by molar-refractivity contribution is 7.80. The Morgan fingerprint density at radius 3 is 2.48 bits per heavy atom. The van der Waals surface area contributed by atoms with Crippen LogP contribution in [0.25, 0.3) is 0 Å². The Labute approximate surface area is 131 Å². The molecule has 0 saturated heterocycles. The molecule has 0 bridgehead atoms. The van der Waals surface area contributed by atoms with E-state index in [0.717, 1.165) is 6.42 Å². The van der Waals surface area contributed by atoms with E-state index in [4.69, 9.17) is 27.4 Å². The molecule has 6 heteroatoms. The molecule has 1 amide bonds. The number of nitrogens with zero attached hydrogens (tertiary/aromatic N) is 1. The normalized spacial score (nSPS) is 10.0. The van der Waals surface area contributed by atoms with Crippen LogP contribution < -0.4 is 15.2 Å². The summed E-state index contributed by atoms with van der Waals surface area (Å²) in [6.07, 6.45) is 1.42. The summed E-state index contributed by atoms with van der Waals surface area (Å²) in [5, 5.41) is 0. The van der Waals surface area contributed by atoms with E-state index in [-0.39, 0.29) is 12.5 Å². The van der Waals surface area contributed by atoms with Crippen molar-refractivity contribution in [3.05, 3.63) is 24.3 Å². The van der Waals surface area contributed by atoms with Gasteiger partial charge in [0.1, 0.15) is 0 Å². The summed E-state index contributed by atoms with van der Waals surface area (Å²) in [5.41, 5.74) is 5.42. The SMILES string of the molecule is CCCOc1ccccc1OCC(=O)N(C)CCC(N)=S. The van der Waals surface area contributed by atoms with Crippen LogP contribution in [0.15, 0.2) is 24.3 Å². The first-order valence-corrected chi connectivity index (χ1v) is 7.32. The molecule has 0 unspecified atom stereocenters. The van der Waals surface area contributed by atoms with Gasteiger partial charge in [-0.15, -0.1) is 0 Å². The molecule has 1 aromatic carbocycles. The van der Waals surface area contributed by atoms with Crippen LogP contribution in [-0.2, 0) is 4.79 Å². The molecule has 2 N–H and O–H groups in total. The van der Waals surface area contributed by atoms with E-state index in [9.17, 15) is 4.79 Å². The van der Waals surface area contributed by atoms with Crippen LogP contribution in [0.4, 0.5) is 0 Å². The zero-order valence-corrected chi connectivity index (χ0v) is 13.3. The van der Waals surface area contributed by atoms with Crippen LogP contribution in [0.1, 0.15) is 19.8 Å². The number of carbonyl (C=O) groups excluding carboxylic acids is 1. The van der Waals surface area contributed by atoms with Crippen LogP contribution >= 0.6 is 12.2 Å². The maximum absolute atomic E-state index is 11.9. The maximum atomic E-state index is 11.9. The van der Waals surface area contributed by atoms with Crippen molar-refractivity contribution >= 4 is 23.1 Å². The molecule has 0 radical (unpaired) electrons. The second kappa shape index (κ2) is 9.18. The lowest BCUT2D eigenvalue weighted by molar-refractivity contribution is -0.131.